The summed E-state index contributed by atoms with van der Waals surface area (Å²) in [5.74, 6) is 0. The third kappa shape index (κ3) is 0.484. The molecule has 3 nitrogen and oxygen atoms in total. The summed E-state index contributed by atoms with van der Waals surface area (Å²) in [5.41, 5.74) is 0. The van der Waals surface area contributed by atoms with Crippen LogP contribution in [0.1, 0.15) is 0 Å². The summed E-state index contributed by atoms with van der Waals surface area (Å²) in [5, 5.41) is 6.63. The van der Waals surface area contributed by atoms with E-state index in [1.165, 1.54) is 6.33 Å². The summed E-state index contributed by atoms with van der Waals surface area (Å²) >= 11 is 0. The second kappa shape index (κ2) is 1.45. The van der Waals surface area contributed by atoms with Crippen LogP contribution < -0.4 is 0 Å². The summed E-state index contributed by atoms with van der Waals surface area (Å²) < 4.78 is 0. The molecule has 1 heterocycles. The van der Waals surface area contributed by atoms with Crippen molar-refractivity contribution in [2.24, 2.45) is 0 Å². The molecule has 28 valence electrons. The Morgan fingerprint density at radius 1 is 1.33 bits per heavy atom. The van der Waals surface area contributed by atoms with Crippen molar-refractivity contribution in [2.45, 2.75) is 0 Å². The van der Waals surface area contributed by atoms with E-state index >= 15 is 0 Å². The molecule has 1 rings (SSSR count). The molecule has 0 aliphatic heterocycles. The lowest BCUT2D eigenvalue weighted by Gasteiger charge is -1.66. The van der Waals surface area contributed by atoms with Gasteiger partial charge in [-0.15, -0.1) is 10.2 Å². The molecular weight excluding hydrogens is 78.1 g/mol. The largest absolute Gasteiger partial charge is 0.230 e. The average Bonchev–Trinajstić information content (AvgIpc) is 1.72. The fraction of sp³-hybridized carbons (Fsp3) is 0. The third-order valence-electron chi connectivity index (χ3n) is 0.332. The number of nitrogens with zero attached hydrogens (tertiary/aromatic N) is 3. The maximum atomic E-state index is 3.43. The third-order valence-corrected chi connectivity index (χ3v) is 0.332. The molecule has 0 bridgehead atoms. The molecule has 0 aliphatic carbocycles. The van der Waals surface area contributed by atoms with E-state index < -0.39 is 0 Å². The van der Waals surface area contributed by atoms with Gasteiger partial charge in [-0.3, -0.25) is 0 Å². The zero-order chi connectivity index (χ0) is 4.24. The smallest absolute Gasteiger partial charge is 0.144 e. The van der Waals surface area contributed by atoms with Crippen LogP contribution in [0.3, 0.4) is 0 Å². The molecule has 1 aromatic rings. The van der Waals surface area contributed by atoms with Gasteiger partial charge in [0.25, 0.3) is 0 Å². The predicted octanol–water partition coefficient (Wildman–Crippen LogP) is -0.528. The Balaban J connectivity index is 3.00. The van der Waals surface area contributed by atoms with Crippen molar-refractivity contribution in [3.8, 4) is 0 Å². The zero-order valence-corrected chi connectivity index (χ0v) is 2.92. The molecule has 0 saturated carbocycles. The SMILES string of the molecule is [c]1[c]nncn1. The van der Waals surface area contributed by atoms with Crippen LogP contribution in [0.5, 0.6) is 0 Å². The first-order valence-corrected chi connectivity index (χ1v) is 1.41. The van der Waals surface area contributed by atoms with Crippen LogP contribution in [0, 0.1) is 12.4 Å². The highest BCUT2D eigenvalue weighted by atomic mass is 15.1. The van der Waals surface area contributed by atoms with Crippen LogP contribution in [-0.2, 0) is 0 Å². The first kappa shape index (κ1) is 3.21. The minimum absolute atomic E-state index is 1.30. The molecule has 0 N–H and O–H groups in total. The number of hydrogen-bond donors (Lipinski definition) is 0. The number of rotatable bonds is 0. The first-order chi connectivity index (χ1) is 3.00. The average molecular weight is 79.1 g/mol. The van der Waals surface area contributed by atoms with Crippen LogP contribution >= 0.6 is 0 Å². The van der Waals surface area contributed by atoms with E-state index in [1.807, 2.05) is 0 Å². The maximum absolute atomic E-state index is 3.43. The lowest BCUT2D eigenvalue weighted by atomic mass is 10.9. The maximum Gasteiger partial charge on any atom is 0.144 e. The van der Waals surface area contributed by atoms with Crippen LogP contribution in [-0.4, -0.2) is 15.2 Å². The Hall–Kier alpha value is -0.990. The second-order valence-corrected chi connectivity index (χ2v) is 0.684. The summed E-state index contributed by atoms with van der Waals surface area (Å²) in [7, 11) is 0. The lowest BCUT2D eigenvalue weighted by Crippen LogP contribution is -1.77. The molecular formula is C3HN3. The molecule has 6 heavy (non-hydrogen) atoms. The van der Waals surface area contributed by atoms with Gasteiger partial charge in [-0.2, -0.15) is 0 Å². The van der Waals surface area contributed by atoms with E-state index in [0.717, 1.165) is 0 Å². The summed E-state index contributed by atoms with van der Waals surface area (Å²) in [4.78, 5) is 3.43. The lowest BCUT2D eigenvalue weighted by molar-refractivity contribution is 0.956. The molecule has 0 amide bonds. The van der Waals surface area contributed by atoms with Gasteiger partial charge in [0.05, 0.1) is 0 Å². The number of hydrogen-bond acceptors (Lipinski definition) is 3. The van der Waals surface area contributed by atoms with Crippen LogP contribution in [0.2, 0.25) is 0 Å². The normalized spacial score (nSPS) is 8.00. The molecule has 0 saturated heterocycles. The Labute approximate surface area is 35.1 Å². The first-order valence-electron chi connectivity index (χ1n) is 1.41. The van der Waals surface area contributed by atoms with Crippen molar-refractivity contribution < 1.29 is 0 Å². The van der Waals surface area contributed by atoms with Gasteiger partial charge in [0.2, 0.25) is 0 Å². The molecule has 0 atom stereocenters. The van der Waals surface area contributed by atoms with E-state index in [2.05, 4.69) is 27.6 Å². The standard InChI is InChI=1S/C3HN3/c1-2-5-6-3-4-1/h3H. The second-order valence-electron chi connectivity index (χ2n) is 0.684. The summed E-state index contributed by atoms with van der Waals surface area (Å²) in [6.07, 6.45) is 5.94. The summed E-state index contributed by atoms with van der Waals surface area (Å²) in [6.45, 7) is 0. The highest BCUT2D eigenvalue weighted by Gasteiger charge is 1.63. The fourth-order valence-corrected chi connectivity index (χ4v) is 0.161. The topological polar surface area (TPSA) is 38.7 Å². The molecule has 2 radical (unpaired) electrons. The zero-order valence-electron chi connectivity index (χ0n) is 2.92. The molecule has 0 unspecified atom stereocenters. The van der Waals surface area contributed by atoms with Crippen LogP contribution in [0.15, 0.2) is 6.33 Å². The van der Waals surface area contributed by atoms with E-state index in [1.54, 1.807) is 0 Å². The Kier molecular flexibility index (Phi) is 0.774. The highest BCUT2D eigenvalue weighted by molar-refractivity contribution is 4.52. The van der Waals surface area contributed by atoms with Gasteiger partial charge < -0.3 is 0 Å². The van der Waals surface area contributed by atoms with Gasteiger partial charge in [-0.1, -0.05) is 0 Å². The van der Waals surface area contributed by atoms with Crippen LogP contribution in [0.25, 0.3) is 0 Å². The molecule has 0 spiro atoms. The summed E-state index contributed by atoms with van der Waals surface area (Å²) in [6, 6.07) is 0. The van der Waals surface area contributed by atoms with Crippen LogP contribution in [0.4, 0.5) is 0 Å². The Morgan fingerprint density at radius 3 is 2.50 bits per heavy atom. The monoisotopic (exact) mass is 79.0 g/mol. The van der Waals surface area contributed by atoms with Crippen molar-refractivity contribution in [2.75, 3.05) is 0 Å². The molecule has 0 aromatic carbocycles. The quantitative estimate of drug-likeness (QED) is 0.419. The van der Waals surface area contributed by atoms with Gasteiger partial charge in [0.1, 0.15) is 18.7 Å². The molecule has 1 aromatic heterocycles. The predicted molar refractivity (Wildman–Crippen MR) is 17.5 cm³/mol. The van der Waals surface area contributed by atoms with E-state index in [4.69, 9.17) is 0 Å². The molecule has 3 heteroatoms. The Morgan fingerprint density at radius 2 is 2.33 bits per heavy atom. The van der Waals surface area contributed by atoms with Gasteiger partial charge in [0.15, 0.2) is 0 Å². The minimum atomic E-state index is 1.30. The van der Waals surface area contributed by atoms with E-state index in [0.29, 0.717) is 0 Å². The fourth-order valence-electron chi connectivity index (χ4n) is 0.161. The van der Waals surface area contributed by atoms with Gasteiger partial charge in [-0.25, -0.2) is 4.98 Å². The highest BCUT2D eigenvalue weighted by Crippen LogP contribution is 1.55. The van der Waals surface area contributed by atoms with Crippen molar-refractivity contribution in [1.82, 2.24) is 15.2 Å². The van der Waals surface area contributed by atoms with Crippen molar-refractivity contribution in [1.29, 1.82) is 0 Å². The van der Waals surface area contributed by atoms with Gasteiger partial charge in [0, 0.05) is 0 Å². The van der Waals surface area contributed by atoms with Gasteiger partial charge in [-0.05, 0) is 0 Å². The minimum Gasteiger partial charge on any atom is -0.230 e. The number of aromatic nitrogens is 3. The van der Waals surface area contributed by atoms with Gasteiger partial charge >= 0.3 is 0 Å². The molecule has 0 aliphatic rings. The molecule has 0 fully saturated rings. The van der Waals surface area contributed by atoms with E-state index in [-0.39, 0.29) is 0 Å². The van der Waals surface area contributed by atoms with Crippen molar-refractivity contribution in [3.63, 3.8) is 0 Å². The van der Waals surface area contributed by atoms with Crippen molar-refractivity contribution in [3.05, 3.63) is 18.7 Å². The Bertz CT molecular complexity index is 78.0. The van der Waals surface area contributed by atoms with E-state index in [9.17, 15) is 0 Å². The van der Waals surface area contributed by atoms with Crippen molar-refractivity contribution >= 4 is 0 Å².